The second-order valence-electron chi connectivity index (χ2n) is 2.84. The third-order valence-electron chi connectivity index (χ3n) is 1.67. The summed E-state index contributed by atoms with van der Waals surface area (Å²) in [5.41, 5.74) is -0.0317. The molecular formula is C7H10N3O3-. The summed E-state index contributed by atoms with van der Waals surface area (Å²) in [5.74, 6) is 0.300. The second kappa shape index (κ2) is 3.44. The van der Waals surface area contributed by atoms with Crippen LogP contribution in [0.5, 0.6) is 0 Å². The van der Waals surface area contributed by atoms with E-state index in [0.717, 1.165) is 0 Å². The Balaban J connectivity index is 2.91. The fourth-order valence-electron chi connectivity index (χ4n) is 1.01. The summed E-state index contributed by atoms with van der Waals surface area (Å²) >= 11 is 0. The monoisotopic (exact) mass is 184 g/mol. The number of allylic oxidation sites excluding steroid dienone is 1. The molecule has 72 valence electrons. The molecule has 1 rings (SSSR count). The molecule has 0 bridgehead atoms. The van der Waals surface area contributed by atoms with Gasteiger partial charge < -0.3 is 15.2 Å². The molecule has 13 heavy (non-hydrogen) atoms. The van der Waals surface area contributed by atoms with Gasteiger partial charge in [0.05, 0.1) is 16.8 Å². The predicted molar refractivity (Wildman–Crippen MR) is 46.9 cm³/mol. The molecule has 0 radical (unpaired) electrons. The minimum Gasteiger partial charge on any atom is -0.757 e. The van der Waals surface area contributed by atoms with Crippen LogP contribution in [0.4, 0.5) is 0 Å². The molecule has 0 aromatic rings. The highest BCUT2D eigenvalue weighted by molar-refractivity contribution is 5.22. The lowest BCUT2D eigenvalue weighted by atomic mass is 10.3. The summed E-state index contributed by atoms with van der Waals surface area (Å²) in [6.07, 6.45) is 2.55. The summed E-state index contributed by atoms with van der Waals surface area (Å²) in [4.78, 5) is 11.4. The molecule has 6 heteroatoms. The van der Waals surface area contributed by atoms with Gasteiger partial charge in [-0.2, -0.15) is 0 Å². The summed E-state index contributed by atoms with van der Waals surface area (Å²) in [6.45, 7) is 0.0281. The molecule has 0 fully saturated rings. The fourth-order valence-corrected chi connectivity index (χ4v) is 1.01. The Morgan fingerprint density at radius 2 is 2.23 bits per heavy atom. The Morgan fingerprint density at radius 1 is 1.62 bits per heavy atom. The van der Waals surface area contributed by atoms with Crippen LogP contribution in [0.1, 0.15) is 0 Å². The third-order valence-corrected chi connectivity index (χ3v) is 1.67. The van der Waals surface area contributed by atoms with E-state index < -0.39 is 4.92 Å². The number of nitrogens with zero attached hydrogens (tertiary/aromatic N) is 3. The molecule has 0 aliphatic carbocycles. The summed E-state index contributed by atoms with van der Waals surface area (Å²) < 4.78 is 0. The van der Waals surface area contributed by atoms with Gasteiger partial charge in [-0.05, 0) is 0 Å². The van der Waals surface area contributed by atoms with Crippen LogP contribution in [0.3, 0.4) is 0 Å². The van der Waals surface area contributed by atoms with Crippen LogP contribution in [0.15, 0.2) is 23.7 Å². The molecule has 0 aromatic heterocycles. The van der Waals surface area contributed by atoms with Crippen LogP contribution in [-0.2, 0) is 0 Å². The lowest BCUT2D eigenvalue weighted by Gasteiger charge is -2.37. The summed E-state index contributed by atoms with van der Waals surface area (Å²) in [5, 5.41) is 22.2. The van der Waals surface area contributed by atoms with Gasteiger partial charge >= 0.3 is 0 Å². The number of rotatable bonds is 2. The van der Waals surface area contributed by atoms with E-state index in [1.165, 1.54) is 12.2 Å². The van der Waals surface area contributed by atoms with E-state index in [9.17, 15) is 15.3 Å². The average molecular weight is 184 g/mol. The number of hydrogen-bond donors (Lipinski definition) is 0. The largest absolute Gasteiger partial charge is 0.757 e. The number of nitro groups is 1. The van der Waals surface area contributed by atoms with Crippen molar-refractivity contribution in [2.24, 2.45) is 0 Å². The van der Waals surface area contributed by atoms with E-state index in [-0.39, 0.29) is 12.2 Å². The predicted octanol–water partition coefficient (Wildman–Crippen LogP) is 0.363. The molecule has 6 nitrogen and oxygen atoms in total. The molecule has 0 saturated carbocycles. The van der Waals surface area contributed by atoms with Crippen LogP contribution < -0.4 is 0 Å². The maximum absolute atomic E-state index is 11.1. The van der Waals surface area contributed by atoms with E-state index in [4.69, 9.17) is 0 Å². The smallest absolute Gasteiger partial charge is 0.270 e. The van der Waals surface area contributed by atoms with Crippen LogP contribution in [-0.4, -0.2) is 35.5 Å². The first kappa shape index (κ1) is 9.53. The van der Waals surface area contributed by atoms with E-state index in [1.807, 2.05) is 0 Å². The molecular weight excluding hydrogens is 174 g/mol. The van der Waals surface area contributed by atoms with Gasteiger partial charge in [0.15, 0.2) is 0 Å². The van der Waals surface area contributed by atoms with Gasteiger partial charge in [-0.25, -0.2) is 0 Å². The van der Waals surface area contributed by atoms with Crippen molar-refractivity contribution in [1.29, 1.82) is 0 Å². The highest BCUT2D eigenvalue weighted by Gasteiger charge is 2.15. The van der Waals surface area contributed by atoms with E-state index in [2.05, 4.69) is 0 Å². The zero-order valence-corrected chi connectivity index (χ0v) is 7.43. The minimum absolute atomic E-state index is 0.0281. The van der Waals surface area contributed by atoms with Crippen molar-refractivity contribution in [3.8, 4) is 0 Å². The Labute approximate surface area is 75.5 Å². The molecule has 0 atom stereocenters. The van der Waals surface area contributed by atoms with Crippen molar-refractivity contribution in [2.75, 3.05) is 20.6 Å². The van der Waals surface area contributed by atoms with E-state index >= 15 is 0 Å². The molecule has 1 heterocycles. The molecule has 0 amide bonds. The number of hydroxylamine groups is 2. The second-order valence-corrected chi connectivity index (χ2v) is 2.84. The summed E-state index contributed by atoms with van der Waals surface area (Å²) in [7, 11) is 3.33. The summed E-state index contributed by atoms with van der Waals surface area (Å²) in [6, 6.07) is 0. The Hall–Kier alpha value is -1.56. The topological polar surface area (TPSA) is 72.7 Å². The normalized spacial score (nSPS) is 16.4. The van der Waals surface area contributed by atoms with Crippen molar-refractivity contribution in [3.05, 3.63) is 39.0 Å². The molecule has 0 aromatic carbocycles. The lowest BCUT2D eigenvalue weighted by molar-refractivity contribution is -0.419. The Kier molecular flexibility index (Phi) is 2.52. The maximum atomic E-state index is 11.1. The van der Waals surface area contributed by atoms with Gasteiger partial charge in [0.1, 0.15) is 0 Å². The molecule has 1 aliphatic rings. The van der Waals surface area contributed by atoms with Gasteiger partial charge in [-0.15, -0.1) is 0 Å². The van der Waals surface area contributed by atoms with Crippen LogP contribution in [0.2, 0.25) is 0 Å². The van der Waals surface area contributed by atoms with Gasteiger partial charge in [0.25, 0.3) is 5.70 Å². The minimum atomic E-state index is -0.503. The molecule has 0 N–H and O–H groups in total. The Morgan fingerprint density at radius 3 is 2.69 bits per heavy atom. The fraction of sp³-hybridized carbons (Fsp3) is 0.429. The first-order valence-corrected chi connectivity index (χ1v) is 3.70. The maximum Gasteiger partial charge on any atom is 0.270 e. The third kappa shape index (κ3) is 1.97. The van der Waals surface area contributed by atoms with Gasteiger partial charge in [0.2, 0.25) is 0 Å². The average Bonchev–Trinajstić information content (AvgIpc) is 2.04. The van der Waals surface area contributed by atoms with Crippen LogP contribution in [0.25, 0.3) is 0 Å². The molecule has 0 saturated heterocycles. The highest BCUT2D eigenvalue weighted by atomic mass is 16.6. The lowest BCUT2D eigenvalue weighted by Crippen LogP contribution is -2.29. The zero-order chi connectivity index (χ0) is 10.0. The molecule has 0 unspecified atom stereocenters. The molecule has 0 spiro atoms. The Bertz CT molecular complexity index is 283. The van der Waals surface area contributed by atoms with Crippen LogP contribution >= 0.6 is 0 Å². The SMILES string of the molecule is CN(C)C1=CC([N+](=O)[O-])=CCN1[O-]. The van der Waals surface area contributed by atoms with E-state index in [0.29, 0.717) is 10.9 Å². The first-order valence-electron chi connectivity index (χ1n) is 3.70. The number of hydrogen-bond acceptors (Lipinski definition) is 5. The van der Waals surface area contributed by atoms with Gasteiger partial charge in [-0.1, -0.05) is 0 Å². The van der Waals surface area contributed by atoms with E-state index in [1.54, 1.807) is 19.0 Å². The van der Waals surface area contributed by atoms with Crippen molar-refractivity contribution >= 4 is 0 Å². The first-order chi connectivity index (χ1) is 6.02. The van der Waals surface area contributed by atoms with Crippen molar-refractivity contribution in [2.45, 2.75) is 0 Å². The van der Waals surface area contributed by atoms with Gasteiger partial charge in [-0.3, -0.25) is 10.1 Å². The van der Waals surface area contributed by atoms with Crippen LogP contribution in [0, 0.1) is 15.3 Å². The highest BCUT2D eigenvalue weighted by Crippen LogP contribution is 2.15. The quantitative estimate of drug-likeness (QED) is 0.457. The standard InChI is InChI=1S/C7H10N3O3/c1-8(2)7-5-6(10(12)13)3-4-9(7)11/h3,5H,4H2,1-2H3/q-1. The van der Waals surface area contributed by atoms with Gasteiger partial charge in [0, 0.05) is 26.7 Å². The van der Waals surface area contributed by atoms with Crippen molar-refractivity contribution < 1.29 is 4.92 Å². The molecule has 1 aliphatic heterocycles. The zero-order valence-electron chi connectivity index (χ0n) is 7.43. The van der Waals surface area contributed by atoms with Crippen molar-refractivity contribution in [3.63, 3.8) is 0 Å². The van der Waals surface area contributed by atoms with Crippen molar-refractivity contribution in [1.82, 2.24) is 9.96 Å².